The standard InChI is InChI=1S/C13H19BrN2/c14-12-3-5-13(6-4-12)16-8-1-2-11(10-15)7-9-16/h3-6,11H,1-2,7-10,15H2. The van der Waals surface area contributed by atoms with Gasteiger partial charge in [0.15, 0.2) is 0 Å². The number of nitrogens with zero attached hydrogens (tertiary/aromatic N) is 1. The number of hydrogen-bond acceptors (Lipinski definition) is 2. The smallest absolute Gasteiger partial charge is 0.0366 e. The maximum atomic E-state index is 5.75. The summed E-state index contributed by atoms with van der Waals surface area (Å²) in [7, 11) is 0. The van der Waals surface area contributed by atoms with E-state index in [1.54, 1.807) is 0 Å². The zero-order chi connectivity index (χ0) is 11.4. The Balaban J connectivity index is 2.02. The fraction of sp³-hybridized carbons (Fsp3) is 0.538. The third kappa shape index (κ3) is 2.98. The summed E-state index contributed by atoms with van der Waals surface area (Å²) in [6.45, 7) is 3.15. The van der Waals surface area contributed by atoms with Gasteiger partial charge in [0.05, 0.1) is 0 Å². The summed E-state index contributed by atoms with van der Waals surface area (Å²) in [5, 5.41) is 0. The van der Waals surface area contributed by atoms with E-state index in [-0.39, 0.29) is 0 Å². The van der Waals surface area contributed by atoms with Gasteiger partial charge in [-0.1, -0.05) is 15.9 Å². The topological polar surface area (TPSA) is 29.3 Å². The molecule has 2 N–H and O–H groups in total. The first-order valence-electron chi connectivity index (χ1n) is 6.00. The van der Waals surface area contributed by atoms with Gasteiger partial charge in [-0.15, -0.1) is 0 Å². The van der Waals surface area contributed by atoms with Crippen molar-refractivity contribution in [3.05, 3.63) is 28.7 Å². The largest absolute Gasteiger partial charge is 0.372 e. The lowest BCUT2D eigenvalue weighted by atomic mass is 10.0. The molecule has 1 fully saturated rings. The first kappa shape index (κ1) is 11.9. The molecule has 2 nitrogen and oxygen atoms in total. The molecule has 3 heteroatoms. The van der Waals surface area contributed by atoms with Crippen LogP contribution < -0.4 is 10.6 Å². The molecule has 0 bridgehead atoms. The zero-order valence-electron chi connectivity index (χ0n) is 9.53. The molecule has 1 aromatic rings. The second-order valence-corrected chi connectivity index (χ2v) is 5.41. The molecule has 88 valence electrons. The number of halogens is 1. The van der Waals surface area contributed by atoms with E-state index >= 15 is 0 Å². The number of nitrogens with two attached hydrogens (primary N) is 1. The van der Waals surface area contributed by atoms with Crippen LogP contribution in [0.25, 0.3) is 0 Å². The van der Waals surface area contributed by atoms with E-state index in [0.717, 1.165) is 30.0 Å². The lowest BCUT2D eigenvalue weighted by molar-refractivity contribution is 0.485. The van der Waals surface area contributed by atoms with Gasteiger partial charge >= 0.3 is 0 Å². The molecular formula is C13H19BrN2. The molecule has 1 unspecified atom stereocenters. The molecule has 0 saturated carbocycles. The number of anilines is 1. The van der Waals surface area contributed by atoms with Crippen molar-refractivity contribution in [3.8, 4) is 0 Å². The third-order valence-electron chi connectivity index (χ3n) is 3.37. The molecule has 16 heavy (non-hydrogen) atoms. The van der Waals surface area contributed by atoms with Gasteiger partial charge in [-0.3, -0.25) is 0 Å². The summed E-state index contributed by atoms with van der Waals surface area (Å²) in [5.41, 5.74) is 7.09. The van der Waals surface area contributed by atoms with Crippen LogP contribution in [-0.2, 0) is 0 Å². The van der Waals surface area contributed by atoms with Gasteiger partial charge in [0.2, 0.25) is 0 Å². The van der Waals surface area contributed by atoms with Crippen LogP contribution in [0, 0.1) is 5.92 Å². The van der Waals surface area contributed by atoms with Crippen LogP contribution in [-0.4, -0.2) is 19.6 Å². The first-order valence-corrected chi connectivity index (χ1v) is 6.79. The Bertz CT molecular complexity index is 323. The lowest BCUT2D eigenvalue weighted by Gasteiger charge is -2.22. The van der Waals surface area contributed by atoms with Crippen molar-refractivity contribution in [3.63, 3.8) is 0 Å². The molecule has 2 rings (SSSR count). The molecule has 1 saturated heterocycles. The van der Waals surface area contributed by atoms with E-state index in [1.807, 2.05) is 0 Å². The molecular weight excluding hydrogens is 264 g/mol. The zero-order valence-corrected chi connectivity index (χ0v) is 11.1. The highest BCUT2D eigenvalue weighted by Gasteiger charge is 2.15. The molecule has 1 atom stereocenters. The average Bonchev–Trinajstić information content (AvgIpc) is 2.55. The maximum absolute atomic E-state index is 5.75. The molecule has 1 heterocycles. The van der Waals surface area contributed by atoms with Crippen molar-refractivity contribution in [2.24, 2.45) is 11.7 Å². The Morgan fingerprint density at radius 1 is 1.19 bits per heavy atom. The predicted molar refractivity (Wildman–Crippen MR) is 72.8 cm³/mol. The third-order valence-corrected chi connectivity index (χ3v) is 3.90. The van der Waals surface area contributed by atoms with Crippen molar-refractivity contribution in [1.82, 2.24) is 0 Å². The van der Waals surface area contributed by atoms with Gasteiger partial charge in [0.25, 0.3) is 0 Å². The summed E-state index contributed by atoms with van der Waals surface area (Å²) < 4.78 is 1.14. The highest BCUT2D eigenvalue weighted by Crippen LogP contribution is 2.23. The minimum Gasteiger partial charge on any atom is -0.372 e. The number of hydrogen-bond donors (Lipinski definition) is 1. The van der Waals surface area contributed by atoms with Crippen LogP contribution in [0.4, 0.5) is 5.69 Å². The summed E-state index contributed by atoms with van der Waals surface area (Å²) in [5.74, 6) is 0.723. The fourth-order valence-electron chi connectivity index (χ4n) is 2.31. The monoisotopic (exact) mass is 282 g/mol. The molecule has 0 radical (unpaired) electrons. The molecule has 0 aliphatic carbocycles. The van der Waals surface area contributed by atoms with E-state index in [9.17, 15) is 0 Å². The molecule has 1 aliphatic heterocycles. The van der Waals surface area contributed by atoms with E-state index in [1.165, 1.54) is 24.9 Å². The summed E-state index contributed by atoms with van der Waals surface area (Å²) in [4.78, 5) is 2.47. The highest BCUT2D eigenvalue weighted by molar-refractivity contribution is 9.10. The molecule has 0 aromatic heterocycles. The van der Waals surface area contributed by atoms with Crippen molar-refractivity contribution < 1.29 is 0 Å². The Labute approximate surface area is 106 Å². The van der Waals surface area contributed by atoms with E-state index in [4.69, 9.17) is 5.73 Å². The molecule has 0 spiro atoms. The average molecular weight is 283 g/mol. The van der Waals surface area contributed by atoms with Gasteiger partial charge < -0.3 is 10.6 Å². The summed E-state index contributed by atoms with van der Waals surface area (Å²) in [6, 6.07) is 8.60. The van der Waals surface area contributed by atoms with Crippen LogP contribution >= 0.6 is 15.9 Å². The van der Waals surface area contributed by atoms with Gasteiger partial charge in [0, 0.05) is 23.2 Å². The molecule has 1 aliphatic rings. The summed E-state index contributed by atoms with van der Waals surface area (Å²) >= 11 is 3.47. The second kappa shape index (κ2) is 5.69. The number of benzene rings is 1. The second-order valence-electron chi connectivity index (χ2n) is 4.50. The fourth-order valence-corrected chi connectivity index (χ4v) is 2.58. The van der Waals surface area contributed by atoms with E-state index in [2.05, 4.69) is 45.1 Å². The van der Waals surface area contributed by atoms with Crippen LogP contribution in [0.3, 0.4) is 0 Å². The van der Waals surface area contributed by atoms with Crippen molar-refractivity contribution in [1.29, 1.82) is 0 Å². The summed E-state index contributed by atoms with van der Waals surface area (Å²) in [6.07, 6.45) is 3.77. The van der Waals surface area contributed by atoms with Gasteiger partial charge in [-0.25, -0.2) is 0 Å². The lowest BCUT2D eigenvalue weighted by Crippen LogP contribution is -2.24. The number of rotatable bonds is 2. The van der Waals surface area contributed by atoms with Crippen molar-refractivity contribution >= 4 is 21.6 Å². The molecule has 1 aromatic carbocycles. The van der Waals surface area contributed by atoms with Crippen molar-refractivity contribution in [2.45, 2.75) is 19.3 Å². The van der Waals surface area contributed by atoms with Crippen LogP contribution in [0.15, 0.2) is 28.7 Å². The quantitative estimate of drug-likeness (QED) is 0.904. The Kier molecular flexibility index (Phi) is 4.24. The van der Waals surface area contributed by atoms with Crippen molar-refractivity contribution in [2.75, 3.05) is 24.5 Å². The SMILES string of the molecule is NCC1CCCN(c2ccc(Br)cc2)CC1. The van der Waals surface area contributed by atoms with Crippen LogP contribution in [0.2, 0.25) is 0 Å². The minimum absolute atomic E-state index is 0.723. The normalized spacial score (nSPS) is 21.9. The minimum atomic E-state index is 0.723. The predicted octanol–water partition coefficient (Wildman–Crippen LogP) is 3.01. The maximum Gasteiger partial charge on any atom is 0.0366 e. The van der Waals surface area contributed by atoms with Gasteiger partial charge in [0.1, 0.15) is 0 Å². The van der Waals surface area contributed by atoms with Crippen LogP contribution in [0.5, 0.6) is 0 Å². The van der Waals surface area contributed by atoms with E-state index in [0.29, 0.717) is 0 Å². The Morgan fingerprint density at radius 3 is 2.62 bits per heavy atom. The first-order chi connectivity index (χ1) is 7.79. The Morgan fingerprint density at radius 2 is 1.94 bits per heavy atom. The van der Waals surface area contributed by atoms with Gasteiger partial charge in [-0.05, 0) is 56.0 Å². The van der Waals surface area contributed by atoms with E-state index < -0.39 is 0 Å². The Hall–Kier alpha value is -0.540. The van der Waals surface area contributed by atoms with Crippen LogP contribution in [0.1, 0.15) is 19.3 Å². The molecule has 0 amide bonds. The highest BCUT2D eigenvalue weighted by atomic mass is 79.9. The van der Waals surface area contributed by atoms with Gasteiger partial charge in [-0.2, -0.15) is 0 Å².